The number of nitrogens with zero attached hydrogens (tertiary/aromatic N) is 3. The van der Waals surface area contributed by atoms with E-state index in [9.17, 15) is 29.8 Å². The van der Waals surface area contributed by atoms with Gasteiger partial charge < -0.3 is 20.9 Å². The molecule has 0 saturated heterocycles. The maximum absolute atomic E-state index is 13.1. The van der Waals surface area contributed by atoms with Crippen LogP contribution in [0.2, 0.25) is 0 Å². The minimum absolute atomic E-state index is 0.224. The first-order valence-corrected chi connectivity index (χ1v) is 9.92. The number of methoxy groups -OCH3 is 2. The van der Waals surface area contributed by atoms with Crippen molar-refractivity contribution in [3.8, 4) is 6.07 Å². The highest BCUT2D eigenvalue weighted by molar-refractivity contribution is 6.09. The molecule has 1 heterocycles. The van der Waals surface area contributed by atoms with E-state index in [-0.39, 0.29) is 16.7 Å². The summed E-state index contributed by atoms with van der Waals surface area (Å²) in [6, 6.07) is 13.6. The summed E-state index contributed by atoms with van der Waals surface area (Å²) >= 11 is 0. The fourth-order valence-corrected chi connectivity index (χ4v) is 3.86. The lowest BCUT2D eigenvalue weighted by atomic mass is 9.80. The number of carbonyl (C=O) groups excluding carboxylic acids is 3. The van der Waals surface area contributed by atoms with Gasteiger partial charge in [0, 0.05) is 6.07 Å². The second-order valence-corrected chi connectivity index (χ2v) is 7.13. The third-order valence-electron chi connectivity index (χ3n) is 5.31. The molecule has 0 saturated carbocycles. The van der Waals surface area contributed by atoms with E-state index in [0.717, 1.165) is 25.2 Å². The molecule has 0 bridgehead atoms. The number of hydrogen-bond donors (Lipinski definition) is 2. The number of rotatable bonds is 6. The molecule has 2 aromatic carbocycles. The van der Waals surface area contributed by atoms with Crippen molar-refractivity contribution >= 4 is 29.2 Å². The standard InChI is InChI=1S/C23H19N5O7/c1-34-22(30)17-16(12-7-4-3-5-8-12)14(11-24)20(25)27(19(17)23(31)35-2)18-13(21(26)29)9-6-10-15(18)28(32)33/h3-10,16H,25H2,1-2H3,(H2,26,29). The number of hydrogen-bond acceptors (Lipinski definition) is 10. The van der Waals surface area contributed by atoms with Crippen LogP contribution in [0.15, 0.2) is 71.2 Å². The van der Waals surface area contributed by atoms with Gasteiger partial charge in [0.05, 0.1) is 47.8 Å². The molecule has 1 aliphatic rings. The van der Waals surface area contributed by atoms with Crippen molar-refractivity contribution < 1.29 is 28.8 Å². The molecule has 4 N–H and O–H groups in total. The number of allylic oxidation sites excluding steroid dienone is 1. The topological polar surface area (TPSA) is 192 Å². The van der Waals surface area contributed by atoms with Crippen LogP contribution in [0.3, 0.4) is 0 Å². The zero-order valence-corrected chi connectivity index (χ0v) is 18.6. The van der Waals surface area contributed by atoms with Crippen LogP contribution in [-0.2, 0) is 19.1 Å². The highest BCUT2D eigenvalue weighted by atomic mass is 16.6. The second-order valence-electron chi connectivity index (χ2n) is 7.13. The highest BCUT2D eigenvalue weighted by Crippen LogP contribution is 2.46. The zero-order valence-electron chi connectivity index (χ0n) is 18.6. The Balaban J connectivity index is 2.56. The van der Waals surface area contributed by atoms with Gasteiger partial charge in [-0.05, 0) is 11.6 Å². The van der Waals surface area contributed by atoms with Crippen LogP contribution >= 0.6 is 0 Å². The molecule has 2 aromatic rings. The quantitative estimate of drug-likeness (QED) is 0.351. The first-order valence-electron chi connectivity index (χ1n) is 9.92. The summed E-state index contributed by atoms with van der Waals surface area (Å²) in [6.07, 6.45) is 0. The molecule has 12 nitrogen and oxygen atoms in total. The number of ether oxygens (including phenoxy) is 2. The molecule has 0 radical (unpaired) electrons. The van der Waals surface area contributed by atoms with Crippen molar-refractivity contribution in [3.05, 3.63) is 92.4 Å². The molecular formula is C23H19N5O7. The minimum Gasteiger partial charge on any atom is -0.466 e. The predicted octanol–water partition coefficient (Wildman–Crippen LogP) is 1.59. The van der Waals surface area contributed by atoms with E-state index in [1.54, 1.807) is 30.3 Å². The second kappa shape index (κ2) is 9.75. The van der Waals surface area contributed by atoms with Gasteiger partial charge in [-0.2, -0.15) is 5.26 Å². The van der Waals surface area contributed by atoms with Crippen molar-refractivity contribution in [1.29, 1.82) is 5.26 Å². The summed E-state index contributed by atoms with van der Waals surface area (Å²) in [6.45, 7) is 0. The monoisotopic (exact) mass is 477 g/mol. The summed E-state index contributed by atoms with van der Waals surface area (Å²) in [5, 5.41) is 21.9. The summed E-state index contributed by atoms with van der Waals surface area (Å²) in [4.78, 5) is 50.2. The van der Waals surface area contributed by atoms with Crippen molar-refractivity contribution in [2.45, 2.75) is 5.92 Å². The van der Waals surface area contributed by atoms with E-state index in [1.807, 2.05) is 6.07 Å². The molecule has 35 heavy (non-hydrogen) atoms. The Labute approximate surface area is 198 Å². The van der Waals surface area contributed by atoms with Crippen LogP contribution in [0.1, 0.15) is 21.8 Å². The SMILES string of the molecule is COC(=O)C1=C(C(=O)OC)N(c2c(C(N)=O)cccc2[N+](=O)[O-])C(N)=C(C#N)C1c1ccccc1. The third kappa shape index (κ3) is 4.13. The summed E-state index contributed by atoms with van der Waals surface area (Å²) < 4.78 is 9.78. The number of para-hydroxylation sites is 1. The van der Waals surface area contributed by atoms with Gasteiger partial charge in [0.25, 0.3) is 11.6 Å². The number of anilines is 1. The van der Waals surface area contributed by atoms with E-state index in [0.29, 0.717) is 5.56 Å². The summed E-state index contributed by atoms with van der Waals surface area (Å²) in [5.41, 5.74) is 9.48. The van der Waals surface area contributed by atoms with E-state index < -0.39 is 51.6 Å². The molecule has 12 heteroatoms. The van der Waals surface area contributed by atoms with Crippen LogP contribution in [0.25, 0.3) is 0 Å². The third-order valence-corrected chi connectivity index (χ3v) is 5.31. The smallest absolute Gasteiger partial charge is 0.355 e. The summed E-state index contributed by atoms with van der Waals surface area (Å²) in [7, 11) is 2.08. The fourth-order valence-electron chi connectivity index (χ4n) is 3.86. The number of nitro benzene ring substituents is 1. The number of benzene rings is 2. The van der Waals surface area contributed by atoms with E-state index in [4.69, 9.17) is 20.9 Å². The largest absolute Gasteiger partial charge is 0.466 e. The number of nitriles is 1. The van der Waals surface area contributed by atoms with Crippen LogP contribution in [0.4, 0.5) is 11.4 Å². The zero-order chi connectivity index (χ0) is 25.9. The normalized spacial score (nSPS) is 15.3. The van der Waals surface area contributed by atoms with Gasteiger partial charge in [0.15, 0.2) is 0 Å². The fraction of sp³-hybridized carbons (Fsp3) is 0.130. The molecule has 0 spiro atoms. The average molecular weight is 477 g/mol. The van der Waals surface area contributed by atoms with Crippen LogP contribution in [0.5, 0.6) is 0 Å². The van der Waals surface area contributed by atoms with Gasteiger partial charge in [0.1, 0.15) is 17.2 Å². The number of nitro groups is 1. The molecule has 0 aliphatic carbocycles. The maximum atomic E-state index is 13.1. The number of carbonyl (C=O) groups is 3. The van der Waals surface area contributed by atoms with Gasteiger partial charge in [-0.3, -0.25) is 19.8 Å². The first-order chi connectivity index (χ1) is 16.7. The molecule has 178 valence electrons. The Kier molecular flexibility index (Phi) is 6.82. The highest BCUT2D eigenvalue weighted by Gasteiger charge is 2.45. The Bertz CT molecular complexity index is 1310. The Morgan fingerprint density at radius 1 is 1.06 bits per heavy atom. The molecule has 1 amide bonds. The van der Waals surface area contributed by atoms with Gasteiger partial charge in [-0.1, -0.05) is 36.4 Å². The molecule has 0 fully saturated rings. The van der Waals surface area contributed by atoms with E-state index in [1.165, 1.54) is 12.1 Å². The van der Waals surface area contributed by atoms with E-state index in [2.05, 4.69) is 0 Å². The number of nitrogens with two attached hydrogens (primary N) is 2. The molecule has 1 aliphatic heterocycles. The Morgan fingerprint density at radius 2 is 1.69 bits per heavy atom. The van der Waals surface area contributed by atoms with Gasteiger partial charge in [-0.25, -0.2) is 9.59 Å². The van der Waals surface area contributed by atoms with Crippen molar-refractivity contribution in [2.75, 3.05) is 19.1 Å². The summed E-state index contributed by atoms with van der Waals surface area (Å²) in [5.74, 6) is -4.85. The van der Waals surface area contributed by atoms with Gasteiger partial charge in [-0.15, -0.1) is 0 Å². The van der Waals surface area contributed by atoms with Crippen LogP contribution in [0, 0.1) is 21.4 Å². The van der Waals surface area contributed by atoms with Crippen molar-refractivity contribution in [2.24, 2.45) is 11.5 Å². The maximum Gasteiger partial charge on any atom is 0.355 e. The van der Waals surface area contributed by atoms with Gasteiger partial charge >= 0.3 is 11.9 Å². The molecule has 1 atom stereocenters. The molecule has 1 unspecified atom stereocenters. The van der Waals surface area contributed by atoms with Crippen LogP contribution < -0.4 is 16.4 Å². The molecule has 3 rings (SSSR count). The van der Waals surface area contributed by atoms with Gasteiger partial charge in [0.2, 0.25) is 0 Å². The lowest BCUT2D eigenvalue weighted by molar-refractivity contribution is -0.384. The number of esters is 2. The molecule has 0 aromatic heterocycles. The number of primary amides is 1. The lowest BCUT2D eigenvalue weighted by Crippen LogP contribution is -2.41. The van der Waals surface area contributed by atoms with Crippen molar-refractivity contribution in [1.82, 2.24) is 0 Å². The van der Waals surface area contributed by atoms with E-state index >= 15 is 0 Å². The van der Waals surface area contributed by atoms with Crippen LogP contribution in [-0.4, -0.2) is 37.0 Å². The minimum atomic E-state index is -1.18. The average Bonchev–Trinajstić information content (AvgIpc) is 2.86. The Morgan fingerprint density at radius 3 is 2.20 bits per heavy atom. The lowest BCUT2D eigenvalue weighted by Gasteiger charge is -2.36. The Hall–Kier alpha value is -5.18. The first kappa shape index (κ1) is 24.5. The van der Waals surface area contributed by atoms with Crippen molar-refractivity contribution in [3.63, 3.8) is 0 Å². The predicted molar refractivity (Wildman–Crippen MR) is 121 cm³/mol. The molecular weight excluding hydrogens is 458 g/mol. The number of amides is 1.